The first kappa shape index (κ1) is 17.8. The fourth-order valence-corrected chi connectivity index (χ4v) is 2.38. The standard InChI is InChI=1S/C18H27N5O/c1-4-19-18(20-10-6-8-16-13-22-23(2)14-16)21-12-15-7-5-9-17(11-15)24-3/h5,7,9,11,13-14H,4,6,8,10,12H2,1-3H3,(H2,19,20,21). The van der Waals surface area contributed by atoms with Crippen LogP contribution in [0.4, 0.5) is 0 Å². The summed E-state index contributed by atoms with van der Waals surface area (Å²) in [5.41, 5.74) is 2.39. The lowest BCUT2D eigenvalue weighted by Gasteiger charge is -2.11. The SMILES string of the molecule is CCNC(=NCc1cccc(OC)c1)NCCCc1cnn(C)c1. The van der Waals surface area contributed by atoms with Crippen LogP contribution < -0.4 is 15.4 Å². The molecule has 0 bridgehead atoms. The number of rotatable bonds is 8. The number of hydrogen-bond acceptors (Lipinski definition) is 3. The molecule has 1 aromatic carbocycles. The van der Waals surface area contributed by atoms with E-state index in [9.17, 15) is 0 Å². The first-order valence-corrected chi connectivity index (χ1v) is 8.34. The number of nitrogens with one attached hydrogen (secondary N) is 2. The van der Waals surface area contributed by atoms with Crippen molar-refractivity contribution in [3.05, 3.63) is 47.8 Å². The Morgan fingerprint density at radius 2 is 2.17 bits per heavy atom. The maximum Gasteiger partial charge on any atom is 0.191 e. The zero-order valence-corrected chi connectivity index (χ0v) is 14.7. The van der Waals surface area contributed by atoms with E-state index in [1.807, 2.05) is 36.1 Å². The maximum absolute atomic E-state index is 5.25. The average Bonchev–Trinajstić information content (AvgIpc) is 3.02. The van der Waals surface area contributed by atoms with Gasteiger partial charge in [0, 0.05) is 26.3 Å². The third-order valence-corrected chi connectivity index (χ3v) is 3.59. The number of benzene rings is 1. The molecule has 0 saturated heterocycles. The van der Waals surface area contributed by atoms with E-state index in [1.54, 1.807) is 7.11 Å². The summed E-state index contributed by atoms with van der Waals surface area (Å²) in [4.78, 5) is 4.63. The highest BCUT2D eigenvalue weighted by atomic mass is 16.5. The lowest BCUT2D eigenvalue weighted by molar-refractivity contribution is 0.414. The van der Waals surface area contributed by atoms with Crippen molar-refractivity contribution in [2.45, 2.75) is 26.3 Å². The second-order valence-corrected chi connectivity index (χ2v) is 5.60. The van der Waals surface area contributed by atoms with Crippen molar-refractivity contribution in [2.75, 3.05) is 20.2 Å². The molecule has 0 aliphatic rings. The third kappa shape index (κ3) is 5.95. The van der Waals surface area contributed by atoms with Crippen LogP contribution in [-0.2, 0) is 20.0 Å². The Labute approximate surface area is 143 Å². The average molecular weight is 329 g/mol. The Hall–Kier alpha value is -2.50. The van der Waals surface area contributed by atoms with Gasteiger partial charge in [-0.15, -0.1) is 0 Å². The highest BCUT2D eigenvalue weighted by Gasteiger charge is 2.00. The van der Waals surface area contributed by atoms with Gasteiger partial charge >= 0.3 is 0 Å². The summed E-state index contributed by atoms with van der Waals surface area (Å²) in [5.74, 6) is 1.70. The second kappa shape index (κ2) is 9.60. The molecule has 2 rings (SSSR count). The fourth-order valence-electron chi connectivity index (χ4n) is 2.38. The van der Waals surface area contributed by atoms with Crippen LogP contribution in [0, 0.1) is 0 Å². The van der Waals surface area contributed by atoms with Gasteiger partial charge < -0.3 is 15.4 Å². The highest BCUT2D eigenvalue weighted by Crippen LogP contribution is 2.13. The van der Waals surface area contributed by atoms with Crippen molar-refractivity contribution in [1.29, 1.82) is 0 Å². The Morgan fingerprint density at radius 3 is 2.88 bits per heavy atom. The van der Waals surface area contributed by atoms with Gasteiger partial charge in [0.15, 0.2) is 5.96 Å². The minimum Gasteiger partial charge on any atom is -0.497 e. The number of ether oxygens (including phenoxy) is 1. The quantitative estimate of drug-likeness (QED) is 0.442. The molecule has 0 atom stereocenters. The topological polar surface area (TPSA) is 63.5 Å². The van der Waals surface area contributed by atoms with Crippen molar-refractivity contribution in [3.63, 3.8) is 0 Å². The molecule has 0 spiro atoms. The van der Waals surface area contributed by atoms with Gasteiger partial charge in [0.05, 0.1) is 19.9 Å². The Balaban J connectivity index is 1.81. The van der Waals surface area contributed by atoms with E-state index in [4.69, 9.17) is 4.74 Å². The summed E-state index contributed by atoms with van der Waals surface area (Å²) >= 11 is 0. The molecular formula is C18H27N5O. The lowest BCUT2D eigenvalue weighted by Crippen LogP contribution is -2.37. The zero-order valence-electron chi connectivity index (χ0n) is 14.7. The van der Waals surface area contributed by atoms with Crippen LogP contribution in [0.2, 0.25) is 0 Å². The number of aryl methyl sites for hydroxylation is 2. The molecule has 2 aromatic rings. The predicted octanol–water partition coefficient (Wildman–Crippen LogP) is 2.12. The van der Waals surface area contributed by atoms with Crippen LogP contribution in [0.1, 0.15) is 24.5 Å². The molecule has 0 radical (unpaired) electrons. The minimum absolute atomic E-state index is 0.620. The molecule has 24 heavy (non-hydrogen) atoms. The minimum atomic E-state index is 0.620. The van der Waals surface area contributed by atoms with Gasteiger partial charge in [-0.3, -0.25) is 4.68 Å². The normalized spacial score (nSPS) is 11.4. The molecule has 0 fully saturated rings. The van der Waals surface area contributed by atoms with Crippen LogP contribution in [0.15, 0.2) is 41.7 Å². The van der Waals surface area contributed by atoms with Gasteiger partial charge in [0.2, 0.25) is 0 Å². The van der Waals surface area contributed by atoms with Crippen molar-refractivity contribution >= 4 is 5.96 Å². The molecular weight excluding hydrogens is 302 g/mol. The van der Waals surface area contributed by atoms with Crippen LogP contribution in [0.25, 0.3) is 0 Å². The lowest BCUT2D eigenvalue weighted by atomic mass is 10.2. The molecule has 1 aromatic heterocycles. The largest absolute Gasteiger partial charge is 0.497 e. The molecule has 0 amide bonds. The van der Waals surface area contributed by atoms with E-state index >= 15 is 0 Å². The number of aromatic nitrogens is 2. The van der Waals surface area contributed by atoms with Crippen molar-refractivity contribution < 1.29 is 4.74 Å². The third-order valence-electron chi connectivity index (χ3n) is 3.59. The van der Waals surface area contributed by atoms with Gasteiger partial charge in [0.1, 0.15) is 5.75 Å². The number of guanidine groups is 1. The van der Waals surface area contributed by atoms with Crippen molar-refractivity contribution in [3.8, 4) is 5.75 Å². The van der Waals surface area contributed by atoms with E-state index < -0.39 is 0 Å². The molecule has 0 saturated carbocycles. The van der Waals surface area contributed by atoms with E-state index in [0.29, 0.717) is 6.54 Å². The fraction of sp³-hybridized carbons (Fsp3) is 0.444. The molecule has 130 valence electrons. The summed E-state index contributed by atoms with van der Waals surface area (Å²) in [6.45, 7) is 4.40. The maximum atomic E-state index is 5.25. The first-order valence-electron chi connectivity index (χ1n) is 8.34. The summed E-state index contributed by atoms with van der Waals surface area (Å²) < 4.78 is 7.08. The Kier molecular flexibility index (Phi) is 7.14. The Bertz CT molecular complexity index is 650. The molecule has 1 heterocycles. The van der Waals surface area contributed by atoms with Crippen LogP contribution >= 0.6 is 0 Å². The summed E-state index contributed by atoms with van der Waals surface area (Å²) in [6.07, 6.45) is 6.02. The van der Waals surface area contributed by atoms with E-state index in [0.717, 1.165) is 43.2 Å². The van der Waals surface area contributed by atoms with Crippen LogP contribution in [0.5, 0.6) is 5.75 Å². The molecule has 0 unspecified atom stereocenters. The van der Waals surface area contributed by atoms with E-state index in [2.05, 4.69) is 39.9 Å². The second-order valence-electron chi connectivity index (χ2n) is 5.60. The molecule has 0 aliphatic heterocycles. The highest BCUT2D eigenvalue weighted by molar-refractivity contribution is 5.79. The van der Waals surface area contributed by atoms with E-state index in [1.165, 1.54) is 5.56 Å². The van der Waals surface area contributed by atoms with Gasteiger partial charge in [-0.05, 0) is 43.0 Å². The predicted molar refractivity (Wildman–Crippen MR) is 97.3 cm³/mol. The number of methoxy groups -OCH3 is 1. The smallest absolute Gasteiger partial charge is 0.191 e. The summed E-state index contributed by atoms with van der Waals surface area (Å²) in [7, 11) is 3.62. The van der Waals surface area contributed by atoms with Crippen molar-refractivity contribution in [1.82, 2.24) is 20.4 Å². The first-order chi connectivity index (χ1) is 11.7. The Morgan fingerprint density at radius 1 is 1.29 bits per heavy atom. The zero-order chi connectivity index (χ0) is 17.2. The molecule has 0 aliphatic carbocycles. The van der Waals surface area contributed by atoms with Gasteiger partial charge in [-0.1, -0.05) is 12.1 Å². The molecule has 2 N–H and O–H groups in total. The summed E-state index contributed by atoms with van der Waals surface area (Å²) in [6, 6.07) is 7.99. The van der Waals surface area contributed by atoms with Gasteiger partial charge in [-0.25, -0.2) is 4.99 Å². The van der Waals surface area contributed by atoms with Gasteiger partial charge in [0.25, 0.3) is 0 Å². The van der Waals surface area contributed by atoms with Gasteiger partial charge in [-0.2, -0.15) is 5.10 Å². The van der Waals surface area contributed by atoms with Crippen LogP contribution in [0.3, 0.4) is 0 Å². The monoisotopic (exact) mass is 329 g/mol. The molecule has 6 heteroatoms. The number of hydrogen-bond donors (Lipinski definition) is 2. The number of nitrogens with zero attached hydrogens (tertiary/aromatic N) is 3. The molecule has 6 nitrogen and oxygen atoms in total. The van der Waals surface area contributed by atoms with Crippen molar-refractivity contribution in [2.24, 2.45) is 12.0 Å². The summed E-state index contributed by atoms with van der Waals surface area (Å²) in [5, 5.41) is 10.8. The number of aliphatic imine (C=N–C) groups is 1. The van der Waals surface area contributed by atoms with E-state index in [-0.39, 0.29) is 0 Å². The van der Waals surface area contributed by atoms with Crippen LogP contribution in [-0.4, -0.2) is 35.9 Å².